The molecule has 0 amide bonds. The standard InChI is InChI=1S/C22H34O4/c1-2-3-4-5-6-7-8-9-10-11-12-14-17-20(23)21(24)18-15-13-16-19-22(25)26/h3-4,6-7,9-10,12-15,20-21,23-24H,2,5,8,11,16-19H2,1H3,(H,25,26)/b4-3-,7-6-,10-9-,14-12-,15-13-/t20-,21-/m1/s1. The Kier molecular flexibility index (Phi) is 16.6. The number of aliphatic hydroxyl groups is 2. The van der Waals surface area contributed by atoms with Gasteiger partial charge in [0.15, 0.2) is 0 Å². The molecule has 0 heterocycles. The Labute approximate surface area is 157 Å². The fraction of sp³-hybridized carbons (Fsp3) is 0.500. The fourth-order valence-electron chi connectivity index (χ4n) is 2.09. The molecule has 0 aromatic heterocycles. The van der Waals surface area contributed by atoms with E-state index in [1.165, 1.54) is 0 Å². The van der Waals surface area contributed by atoms with E-state index < -0.39 is 18.2 Å². The zero-order valence-electron chi connectivity index (χ0n) is 15.8. The van der Waals surface area contributed by atoms with E-state index in [1.54, 1.807) is 12.2 Å². The number of carboxylic acids is 1. The highest BCUT2D eigenvalue weighted by atomic mass is 16.4. The maximum Gasteiger partial charge on any atom is 0.303 e. The number of carboxylic acid groups (broad SMARTS) is 1. The number of carbonyl (C=O) groups is 1. The molecule has 0 spiro atoms. The van der Waals surface area contributed by atoms with Crippen LogP contribution >= 0.6 is 0 Å². The molecule has 4 heteroatoms. The summed E-state index contributed by atoms with van der Waals surface area (Å²) in [6, 6.07) is 0. The van der Waals surface area contributed by atoms with Gasteiger partial charge in [0.2, 0.25) is 0 Å². The molecule has 0 rings (SSSR count). The molecule has 0 fully saturated rings. The molecular formula is C22H34O4. The minimum absolute atomic E-state index is 0.0805. The average molecular weight is 363 g/mol. The van der Waals surface area contributed by atoms with Crippen molar-refractivity contribution in [2.24, 2.45) is 0 Å². The van der Waals surface area contributed by atoms with Gasteiger partial charge in [-0.25, -0.2) is 0 Å². The molecule has 2 atom stereocenters. The second-order valence-corrected chi connectivity index (χ2v) is 6.01. The smallest absolute Gasteiger partial charge is 0.303 e. The van der Waals surface area contributed by atoms with Crippen LogP contribution in [0.25, 0.3) is 0 Å². The predicted molar refractivity (Wildman–Crippen MR) is 108 cm³/mol. The summed E-state index contributed by atoms with van der Waals surface area (Å²) in [5, 5.41) is 28.2. The van der Waals surface area contributed by atoms with Crippen LogP contribution in [-0.4, -0.2) is 33.5 Å². The van der Waals surface area contributed by atoms with E-state index in [0.717, 1.165) is 25.7 Å². The monoisotopic (exact) mass is 362 g/mol. The number of allylic oxidation sites excluding steroid dienone is 8. The van der Waals surface area contributed by atoms with Crippen LogP contribution in [0.2, 0.25) is 0 Å². The Morgan fingerprint density at radius 2 is 1.15 bits per heavy atom. The highest BCUT2D eigenvalue weighted by molar-refractivity contribution is 5.66. The van der Waals surface area contributed by atoms with E-state index in [0.29, 0.717) is 19.3 Å². The zero-order valence-corrected chi connectivity index (χ0v) is 15.8. The second-order valence-electron chi connectivity index (χ2n) is 6.01. The first-order chi connectivity index (χ1) is 12.6. The third-order valence-electron chi connectivity index (χ3n) is 3.61. The molecule has 0 unspecified atom stereocenters. The molecule has 146 valence electrons. The van der Waals surface area contributed by atoms with Crippen molar-refractivity contribution in [1.29, 1.82) is 0 Å². The molecule has 0 aromatic rings. The van der Waals surface area contributed by atoms with Crippen LogP contribution in [0.15, 0.2) is 60.8 Å². The molecule has 3 N–H and O–H groups in total. The molecule has 0 aliphatic rings. The number of rotatable bonds is 15. The summed E-state index contributed by atoms with van der Waals surface area (Å²) >= 11 is 0. The van der Waals surface area contributed by atoms with Crippen molar-refractivity contribution in [3.63, 3.8) is 0 Å². The molecular weight excluding hydrogens is 328 g/mol. The van der Waals surface area contributed by atoms with Crippen molar-refractivity contribution in [1.82, 2.24) is 0 Å². The van der Waals surface area contributed by atoms with Crippen molar-refractivity contribution in [3.05, 3.63) is 60.8 Å². The molecule has 0 aliphatic heterocycles. The Bertz CT molecular complexity index is 486. The molecule has 0 saturated heterocycles. The van der Waals surface area contributed by atoms with Crippen LogP contribution in [0.3, 0.4) is 0 Å². The maximum atomic E-state index is 10.4. The van der Waals surface area contributed by atoms with Crippen molar-refractivity contribution in [2.45, 2.75) is 70.5 Å². The van der Waals surface area contributed by atoms with Gasteiger partial charge < -0.3 is 15.3 Å². The number of aliphatic carboxylic acids is 1. The van der Waals surface area contributed by atoms with Crippen molar-refractivity contribution >= 4 is 5.97 Å². The molecule has 0 saturated carbocycles. The average Bonchev–Trinajstić information content (AvgIpc) is 2.61. The van der Waals surface area contributed by atoms with Crippen molar-refractivity contribution in [2.75, 3.05) is 0 Å². The summed E-state index contributed by atoms with van der Waals surface area (Å²) in [6.45, 7) is 2.12. The summed E-state index contributed by atoms with van der Waals surface area (Å²) < 4.78 is 0. The lowest BCUT2D eigenvalue weighted by Gasteiger charge is -2.14. The third kappa shape index (κ3) is 16.9. The maximum absolute atomic E-state index is 10.4. The highest BCUT2D eigenvalue weighted by Crippen LogP contribution is 2.06. The van der Waals surface area contributed by atoms with E-state index in [1.807, 2.05) is 12.2 Å². The van der Waals surface area contributed by atoms with E-state index in [-0.39, 0.29) is 6.42 Å². The van der Waals surface area contributed by atoms with Gasteiger partial charge in [0.1, 0.15) is 0 Å². The number of hydrogen-bond donors (Lipinski definition) is 3. The Morgan fingerprint density at radius 1 is 0.731 bits per heavy atom. The van der Waals surface area contributed by atoms with Gasteiger partial charge in [0.05, 0.1) is 12.2 Å². The van der Waals surface area contributed by atoms with Gasteiger partial charge in [0, 0.05) is 6.42 Å². The largest absolute Gasteiger partial charge is 0.481 e. The quantitative estimate of drug-likeness (QED) is 0.369. The summed E-state index contributed by atoms with van der Waals surface area (Å²) in [5.74, 6) is -0.838. The Balaban J connectivity index is 3.77. The van der Waals surface area contributed by atoms with Crippen LogP contribution in [0.1, 0.15) is 58.3 Å². The first-order valence-electron chi connectivity index (χ1n) is 9.40. The number of aliphatic hydroxyl groups excluding tert-OH is 2. The van der Waals surface area contributed by atoms with E-state index in [9.17, 15) is 15.0 Å². The van der Waals surface area contributed by atoms with Gasteiger partial charge in [-0.1, -0.05) is 67.7 Å². The molecule has 0 bridgehead atoms. The van der Waals surface area contributed by atoms with Crippen molar-refractivity contribution < 1.29 is 20.1 Å². The highest BCUT2D eigenvalue weighted by Gasteiger charge is 2.12. The first-order valence-corrected chi connectivity index (χ1v) is 9.40. The summed E-state index contributed by atoms with van der Waals surface area (Å²) in [7, 11) is 0. The molecule has 4 nitrogen and oxygen atoms in total. The second kappa shape index (κ2) is 17.9. The van der Waals surface area contributed by atoms with Crippen LogP contribution < -0.4 is 0 Å². The molecule has 0 aromatic carbocycles. The van der Waals surface area contributed by atoms with Gasteiger partial charge in [-0.15, -0.1) is 0 Å². The van der Waals surface area contributed by atoms with Crippen LogP contribution in [-0.2, 0) is 4.79 Å². The third-order valence-corrected chi connectivity index (χ3v) is 3.61. The predicted octanol–water partition coefficient (Wildman–Crippen LogP) is 4.71. The molecule has 0 aliphatic carbocycles. The van der Waals surface area contributed by atoms with E-state index in [4.69, 9.17) is 5.11 Å². The Morgan fingerprint density at radius 3 is 1.62 bits per heavy atom. The summed E-state index contributed by atoms with van der Waals surface area (Å²) in [6.07, 6.45) is 23.5. The first kappa shape index (κ1) is 24.1. The SMILES string of the molecule is CC/C=C\C/C=C\C/C=C\C/C=C\C[C@@H](O)[C@H](O)C/C=C\CCC(=O)O. The minimum atomic E-state index is -0.838. The molecule has 26 heavy (non-hydrogen) atoms. The summed E-state index contributed by atoms with van der Waals surface area (Å²) in [4.78, 5) is 10.4. The van der Waals surface area contributed by atoms with Gasteiger partial charge in [-0.05, 0) is 44.9 Å². The zero-order chi connectivity index (χ0) is 19.5. The van der Waals surface area contributed by atoms with Crippen LogP contribution in [0.5, 0.6) is 0 Å². The van der Waals surface area contributed by atoms with Crippen molar-refractivity contribution in [3.8, 4) is 0 Å². The van der Waals surface area contributed by atoms with E-state index >= 15 is 0 Å². The fourth-order valence-corrected chi connectivity index (χ4v) is 2.09. The van der Waals surface area contributed by atoms with Gasteiger partial charge in [-0.3, -0.25) is 4.79 Å². The van der Waals surface area contributed by atoms with Gasteiger partial charge >= 0.3 is 5.97 Å². The topological polar surface area (TPSA) is 77.8 Å². The lowest BCUT2D eigenvalue weighted by Crippen LogP contribution is -2.24. The summed E-state index contributed by atoms with van der Waals surface area (Å²) in [5.41, 5.74) is 0. The van der Waals surface area contributed by atoms with Crippen LogP contribution in [0, 0.1) is 0 Å². The van der Waals surface area contributed by atoms with E-state index in [2.05, 4.69) is 43.4 Å². The Hall–Kier alpha value is -1.91. The van der Waals surface area contributed by atoms with Crippen LogP contribution in [0.4, 0.5) is 0 Å². The lowest BCUT2D eigenvalue weighted by molar-refractivity contribution is -0.136. The lowest BCUT2D eigenvalue weighted by atomic mass is 10.1. The minimum Gasteiger partial charge on any atom is -0.481 e. The number of hydrogen-bond acceptors (Lipinski definition) is 3. The normalized spacial score (nSPS) is 15.2. The van der Waals surface area contributed by atoms with Gasteiger partial charge in [0.25, 0.3) is 0 Å². The van der Waals surface area contributed by atoms with Gasteiger partial charge in [-0.2, -0.15) is 0 Å². The molecule has 0 radical (unpaired) electrons.